The maximum Gasteiger partial charge on any atom is 0.224 e. The Bertz CT molecular complexity index is 720. The molecule has 2 aromatic rings. The van der Waals surface area contributed by atoms with Gasteiger partial charge in [0, 0.05) is 31.7 Å². The number of amides is 1. The predicted molar refractivity (Wildman–Crippen MR) is 99.7 cm³/mol. The van der Waals surface area contributed by atoms with Gasteiger partial charge in [-0.05, 0) is 31.0 Å². The highest BCUT2D eigenvalue weighted by Crippen LogP contribution is 2.22. The molecular weight excluding hydrogens is 316 g/mol. The van der Waals surface area contributed by atoms with Gasteiger partial charge in [0.1, 0.15) is 5.82 Å². The lowest BCUT2D eigenvalue weighted by atomic mass is 10.2. The zero-order valence-corrected chi connectivity index (χ0v) is 15.3. The number of nitrogens with one attached hydrogen (secondary N) is 1. The average Bonchev–Trinajstić information content (AvgIpc) is 2.93. The summed E-state index contributed by atoms with van der Waals surface area (Å²) < 4.78 is 7.75. The van der Waals surface area contributed by atoms with E-state index in [2.05, 4.69) is 27.8 Å². The number of ether oxygens (including phenoxy) is 1. The number of fused-ring (bicyclic) bond motifs is 1. The maximum absolute atomic E-state index is 11.8. The Morgan fingerprint density at radius 2 is 2.04 bits per heavy atom. The number of rotatable bonds is 7. The highest BCUT2D eigenvalue weighted by molar-refractivity contribution is 5.93. The third-order valence-electron chi connectivity index (χ3n) is 4.50. The Labute approximate surface area is 149 Å². The Kier molecular flexibility index (Phi) is 6.04. The number of hydrogen-bond acceptors (Lipinski definition) is 4. The quantitative estimate of drug-likeness (QED) is 0.839. The first-order chi connectivity index (χ1) is 12.2. The van der Waals surface area contributed by atoms with Gasteiger partial charge in [0.05, 0.1) is 30.8 Å². The Morgan fingerprint density at radius 1 is 1.24 bits per heavy atom. The molecule has 6 heteroatoms. The van der Waals surface area contributed by atoms with E-state index in [0.717, 1.165) is 74.8 Å². The topological polar surface area (TPSA) is 59.4 Å². The van der Waals surface area contributed by atoms with Crippen molar-refractivity contribution in [3.8, 4) is 0 Å². The summed E-state index contributed by atoms with van der Waals surface area (Å²) in [5, 5.41) is 2.96. The van der Waals surface area contributed by atoms with Crippen LogP contribution in [0.15, 0.2) is 18.2 Å². The minimum Gasteiger partial charge on any atom is -0.379 e. The average molecular weight is 344 g/mol. The summed E-state index contributed by atoms with van der Waals surface area (Å²) in [6, 6.07) is 6.03. The highest BCUT2D eigenvalue weighted by atomic mass is 16.5. The maximum atomic E-state index is 11.8. The second kappa shape index (κ2) is 8.45. The van der Waals surface area contributed by atoms with Crippen molar-refractivity contribution < 1.29 is 9.53 Å². The van der Waals surface area contributed by atoms with E-state index in [1.807, 2.05) is 19.1 Å². The molecule has 0 radical (unpaired) electrons. The van der Waals surface area contributed by atoms with Crippen LogP contribution in [-0.4, -0.2) is 46.7 Å². The lowest BCUT2D eigenvalue weighted by molar-refractivity contribution is -0.116. The molecule has 1 N–H and O–H groups in total. The zero-order valence-electron chi connectivity index (χ0n) is 15.3. The zero-order chi connectivity index (χ0) is 17.6. The SMILES string of the molecule is CCCC(=O)Nc1ccc2c(c1)nc(CN1CCOCC1)n2CCC. The van der Waals surface area contributed by atoms with Crippen LogP contribution in [0.4, 0.5) is 5.69 Å². The first-order valence-corrected chi connectivity index (χ1v) is 9.30. The summed E-state index contributed by atoms with van der Waals surface area (Å²) in [5.74, 6) is 1.15. The number of benzene rings is 1. The molecule has 0 spiro atoms. The van der Waals surface area contributed by atoms with Crippen LogP contribution in [-0.2, 0) is 22.6 Å². The summed E-state index contributed by atoms with van der Waals surface area (Å²) in [6.07, 6.45) is 2.46. The molecule has 3 rings (SSSR count). The molecule has 25 heavy (non-hydrogen) atoms. The van der Waals surface area contributed by atoms with Gasteiger partial charge in [0.2, 0.25) is 5.91 Å². The van der Waals surface area contributed by atoms with Crippen molar-refractivity contribution in [2.75, 3.05) is 31.6 Å². The molecule has 0 bridgehead atoms. The van der Waals surface area contributed by atoms with Crippen LogP contribution >= 0.6 is 0 Å². The molecule has 1 amide bonds. The van der Waals surface area contributed by atoms with E-state index in [0.29, 0.717) is 6.42 Å². The van der Waals surface area contributed by atoms with E-state index in [-0.39, 0.29) is 5.91 Å². The number of morpholine rings is 1. The fraction of sp³-hybridized carbons (Fsp3) is 0.579. The molecule has 1 aromatic carbocycles. The van der Waals surface area contributed by atoms with Crippen molar-refractivity contribution in [1.82, 2.24) is 14.5 Å². The van der Waals surface area contributed by atoms with Crippen LogP contribution in [0.1, 0.15) is 38.9 Å². The molecule has 1 saturated heterocycles. The highest BCUT2D eigenvalue weighted by Gasteiger charge is 2.16. The first-order valence-electron chi connectivity index (χ1n) is 9.30. The lowest BCUT2D eigenvalue weighted by Crippen LogP contribution is -2.36. The van der Waals surface area contributed by atoms with Gasteiger partial charge in [-0.15, -0.1) is 0 Å². The normalized spacial score (nSPS) is 15.6. The minimum atomic E-state index is 0.0587. The molecule has 1 aliphatic heterocycles. The van der Waals surface area contributed by atoms with Gasteiger partial charge >= 0.3 is 0 Å². The molecule has 1 aliphatic rings. The molecule has 1 fully saturated rings. The smallest absolute Gasteiger partial charge is 0.224 e. The first kappa shape index (κ1) is 17.9. The van der Waals surface area contributed by atoms with Gasteiger partial charge in [-0.1, -0.05) is 13.8 Å². The van der Waals surface area contributed by atoms with Crippen molar-refractivity contribution in [2.45, 2.75) is 46.2 Å². The van der Waals surface area contributed by atoms with E-state index >= 15 is 0 Å². The molecule has 6 nitrogen and oxygen atoms in total. The molecule has 2 heterocycles. The van der Waals surface area contributed by atoms with E-state index < -0.39 is 0 Å². The summed E-state index contributed by atoms with van der Waals surface area (Å²) in [5.41, 5.74) is 2.91. The summed E-state index contributed by atoms with van der Waals surface area (Å²) in [6.45, 7) is 9.48. The molecule has 0 aliphatic carbocycles. The van der Waals surface area contributed by atoms with Crippen molar-refractivity contribution in [2.24, 2.45) is 0 Å². The van der Waals surface area contributed by atoms with E-state index in [4.69, 9.17) is 9.72 Å². The van der Waals surface area contributed by atoms with Gasteiger partial charge in [-0.25, -0.2) is 4.98 Å². The van der Waals surface area contributed by atoms with Crippen molar-refractivity contribution in [3.05, 3.63) is 24.0 Å². The van der Waals surface area contributed by atoms with E-state index in [9.17, 15) is 4.79 Å². The number of hydrogen-bond donors (Lipinski definition) is 1. The largest absolute Gasteiger partial charge is 0.379 e. The van der Waals surface area contributed by atoms with Crippen LogP contribution in [0, 0.1) is 0 Å². The Morgan fingerprint density at radius 3 is 2.76 bits per heavy atom. The molecule has 0 unspecified atom stereocenters. The summed E-state index contributed by atoms with van der Waals surface area (Å²) >= 11 is 0. The Hall–Kier alpha value is -1.92. The summed E-state index contributed by atoms with van der Waals surface area (Å²) in [7, 11) is 0. The monoisotopic (exact) mass is 344 g/mol. The molecular formula is C19H28N4O2. The van der Waals surface area contributed by atoms with Gasteiger partial charge in [0.15, 0.2) is 0 Å². The Balaban J connectivity index is 1.85. The van der Waals surface area contributed by atoms with Crippen LogP contribution in [0.5, 0.6) is 0 Å². The second-order valence-corrected chi connectivity index (χ2v) is 6.57. The van der Waals surface area contributed by atoms with Crippen molar-refractivity contribution in [1.29, 1.82) is 0 Å². The minimum absolute atomic E-state index is 0.0587. The number of imidazole rings is 1. The third kappa shape index (κ3) is 4.38. The van der Waals surface area contributed by atoms with Crippen LogP contribution < -0.4 is 5.32 Å². The number of anilines is 1. The summed E-state index contributed by atoms with van der Waals surface area (Å²) in [4.78, 5) is 19.1. The third-order valence-corrected chi connectivity index (χ3v) is 4.50. The molecule has 136 valence electrons. The fourth-order valence-electron chi connectivity index (χ4n) is 3.26. The molecule has 0 atom stereocenters. The van der Waals surface area contributed by atoms with Crippen LogP contribution in [0.25, 0.3) is 11.0 Å². The van der Waals surface area contributed by atoms with Crippen LogP contribution in [0.2, 0.25) is 0 Å². The standard InChI is InChI=1S/C19H28N4O2/c1-3-5-19(24)20-15-6-7-17-16(13-15)21-18(23(17)8-4-2)14-22-9-11-25-12-10-22/h6-7,13H,3-5,8-12,14H2,1-2H3,(H,20,24). The van der Waals surface area contributed by atoms with Gasteiger partial charge < -0.3 is 14.6 Å². The number of aryl methyl sites for hydroxylation is 1. The van der Waals surface area contributed by atoms with E-state index in [1.54, 1.807) is 0 Å². The van der Waals surface area contributed by atoms with Crippen molar-refractivity contribution in [3.63, 3.8) is 0 Å². The van der Waals surface area contributed by atoms with E-state index in [1.165, 1.54) is 0 Å². The van der Waals surface area contributed by atoms with Gasteiger partial charge in [-0.3, -0.25) is 9.69 Å². The predicted octanol–water partition coefficient (Wildman–Crippen LogP) is 3.02. The second-order valence-electron chi connectivity index (χ2n) is 6.57. The number of carbonyl (C=O) groups is 1. The lowest BCUT2D eigenvalue weighted by Gasteiger charge is -2.26. The molecule has 0 saturated carbocycles. The van der Waals surface area contributed by atoms with Crippen LogP contribution in [0.3, 0.4) is 0 Å². The van der Waals surface area contributed by atoms with Gasteiger partial charge in [-0.2, -0.15) is 0 Å². The number of carbonyl (C=O) groups excluding carboxylic acids is 1. The number of aromatic nitrogens is 2. The molecule has 1 aromatic heterocycles. The number of nitrogens with zero attached hydrogens (tertiary/aromatic N) is 3. The van der Waals surface area contributed by atoms with Crippen molar-refractivity contribution >= 4 is 22.6 Å². The van der Waals surface area contributed by atoms with Gasteiger partial charge in [0.25, 0.3) is 0 Å². The fourth-order valence-corrected chi connectivity index (χ4v) is 3.26.